The number of halogens is 1. The van der Waals surface area contributed by atoms with E-state index in [0.29, 0.717) is 42.6 Å². The second kappa shape index (κ2) is 9.73. The van der Waals surface area contributed by atoms with Gasteiger partial charge in [0.15, 0.2) is 0 Å². The first-order valence-corrected chi connectivity index (χ1v) is 10.0. The number of esters is 1. The Labute approximate surface area is 179 Å². The molecule has 30 heavy (non-hydrogen) atoms. The molecule has 10 heteroatoms. The molecule has 1 saturated heterocycles. The summed E-state index contributed by atoms with van der Waals surface area (Å²) in [4.78, 5) is 40.8. The van der Waals surface area contributed by atoms with Crippen molar-refractivity contribution in [1.29, 1.82) is 0 Å². The van der Waals surface area contributed by atoms with Gasteiger partial charge in [0, 0.05) is 43.8 Å². The number of hydrogen-bond donors (Lipinski definition) is 1. The Kier molecular flexibility index (Phi) is 7.07. The molecule has 0 saturated carbocycles. The Morgan fingerprint density at radius 1 is 1.20 bits per heavy atom. The van der Waals surface area contributed by atoms with Gasteiger partial charge in [-0.2, -0.15) is 5.10 Å². The number of aryl methyl sites for hydroxylation is 1. The molecule has 9 nitrogen and oxygen atoms in total. The first kappa shape index (κ1) is 21.8. The second-order valence-electron chi connectivity index (χ2n) is 6.88. The van der Waals surface area contributed by atoms with Gasteiger partial charge >= 0.3 is 5.97 Å². The van der Waals surface area contributed by atoms with Gasteiger partial charge in [-0.1, -0.05) is 17.7 Å². The van der Waals surface area contributed by atoms with E-state index in [2.05, 4.69) is 10.4 Å². The van der Waals surface area contributed by atoms with Crippen LogP contribution in [-0.4, -0.2) is 76.7 Å². The van der Waals surface area contributed by atoms with E-state index in [1.165, 1.54) is 10.9 Å². The third-order valence-corrected chi connectivity index (χ3v) is 5.03. The van der Waals surface area contributed by atoms with Gasteiger partial charge in [0.1, 0.15) is 11.4 Å². The molecule has 2 heterocycles. The Morgan fingerprint density at radius 2 is 1.93 bits per heavy atom. The first-order chi connectivity index (χ1) is 14.4. The maximum Gasteiger partial charge on any atom is 0.343 e. The number of benzene rings is 1. The van der Waals surface area contributed by atoms with Crippen molar-refractivity contribution < 1.29 is 19.1 Å². The van der Waals surface area contributed by atoms with E-state index in [4.69, 9.17) is 16.3 Å². The van der Waals surface area contributed by atoms with Gasteiger partial charge in [-0.05, 0) is 25.1 Å². The normalized spacial score (nSPS) is 14.4. The van der Waals surface area contributed by atoms with E-state index in [1.807, 2.05) is 4.90 Å². The summed E-state index contributed by atoms with van der Waals surface area (Å²) in [6, 6.07) is 6.87. The Hall–Kier alpha value is -2.91. The van der Waals surface area contributed by atoms with Gasteiger partial charge in [0.2, 0.25) is 5.91 Å². The first-order valence-electron chi connectivity index (χ1n) is 9.65. The van der Waals surface area contributed by atoms with Crippen molar-refractivity contribution in [2.24, 2.45) is 7.05 Å². The van der Waals surface area contributed by atoms with Gasteiger partial charge in [-0.15, -0.1) is 0 Å². The SMILES string of the molecule is CCOC(=O)c1cnn(C)c1NC(=O)CN1CCN(C(=O)c2cccc(Cl)c2)CC1. The average molecular weight is 434 g/mol. The van der Waals surface area contributed by atoms with Crippen molar-refractivity contribution in [2.75, 3.05) is 44.6 Å². The number of nitrogens with one attached hydrogen (secondary N) is 1. The van der Waals surface area contributed by atoms with Crippen LogP contribution in [0.1, 0.15) is 27.6 Å². The maximum absolute atomic E-state index is 12.6. The van der Waals surface area contributed by atoms with Crippen LogP contribution in [0.5, 0.6) is 0 Å². The van der Waals surface area contributed by atoms with Crippen molar-refractivity contribution >= 4 is 35.2 Å². The quantitative estimate of drug-likeness (QED) is 0.696. The van der Waals surface area contributed by atoms with E-state index in [9.17, 15) is 14.4 Å². The van der Waals surface area contributed by atoms with Gasteiger partial charge in [-0.3, -0.25) is 19.2 Å². The van der Waals surface area contributed by atoms with Gasteiger partial charge < -0.3 is 15.0 Å². The third kappa shape index (κ3) is 5.17. The smallest absolute Gasteiger partial charge is 0.343 e. The number of carbonyl (C=O) groups is 3. The molecule has 160 valence electrons. The van der Waals surface area contributed by atoms with Crippen molar-refractivity contribution in [3.05, 3.63) is 46.6 Å². The van der Waals surface area contributed by atoms with Crippen LogP contribution in [0, 0.1) is 0 Å². The van der Waals surface area contributed by atoms with Crippen LogP contribution in [0.2, 0.25) is 5.02 Å². The van der Waals surface area contributed by atoms with E-state index >= 15 is 0 Å². The Morgan fingerprint density at radius 3 is 2.60 bits per heavy atom. The highest BCUT2D eigenvalue weighted by Crippen LogP contribution is 2.16. The molecule has 3 rings (SSSR count). The molecule has 0 aliphatic carbocycles. The molecule has 1 aliphatic rings. The summed E-state index contributed by atoms with van der Waals surface area (Å²) in [5.41, 5.74) is 0.765. The number of nitrogens with zero attached hydrogens (tertiary/aromatic N) is 4. The van der Waals surface area contributed by atoms with Crippen LogP contribution < -0.4 is 5.32 Å². The largest absolute Gasteiger partial charge is 0.462 e. The van der Waals surface area contributed by atoms with Crippen LogP contribution >= 0.6 is 11.6 Å². The lowest BCUT2D eigenvalue weighted by Crippen LogP contribution is -2.50. The van der Waals surface area contributed by atoms with Crippen LogP contribution in [0.4, 0.5) is 5.82 Å². The molecule has 1 N–H and O–H groups in total. The zero-order valence-electron chi connectivity index (χ0n) is 16.9. The maximum atomic E-state index is 12.6. The molecule has 0 unspecified atom stereocenters. The van der Waals surface area contributed by atoms with E-state index < -0.39 is 5.97 Å². The molecule has 0 atom stereocenters. The van der Waals surface area contributed by atoms with Crippen molar-refractivity contribution in [2.45, 2.75) is 6.92 Å². The van der Waals surface area contributed by atoms with Crippen LogP contribution in [-0.2, 0) is 16.6 Å². The summed E-state index contributed by atoms with van der Waals surface area (Å²) < 4.78 is 6.41. The monoisotopic (exact) mass is 433 g/mol. The fourth-order valence-corrected chi connectivity index (χ4v) is 3.42. The molecular weight excluding hydrogens is 410 g/mol. The number of hydrogen-bond acceptors (Lipinski definition) is 6. The molecule has 1 aromatic carbocycles. The van der Waals surface area contributed by atoms with Crippen molar-refractivity contribution in [3.63, 3.8) is 0 Å². The lowest BCUT2D eigenvalue weighted by Gasteiger charge is -2.34. The highest BCUT2D eigenvalue weighted by atomic mass is 35.5. The Balaban J connectivity index is 1.53. The fraction of sp³-hybridized carbons (Fsp3) is 0.400. The number of anilines is 1. The predicted molar refractivity (Wildman–Crippen MR) is 112 cm³/mol. The highest BCUT2D eigenvalue weighted by molar-refractivity contribution is 6.30. The van der Waals surface area contributed by atoms with Crippen LogP contribution in [0.15, 0.2) is 30.5 Å². The Bertz CT molecular complexity index is 937. The molecular formula is C20H24ClN5O4. The van der Waals surface area contributed by atoms with Gasteiger partial charge in [-0.25, -0.2) is 4.79 Å². The molecule has 1 fully saturated rings. The van der Waals surface area contributed by atoms with Crippen LogP contribution in [0.3, 0.4) is 0 Å². The summed E-state index contributed by atoms with van der Waals surface area (Å²) in [6.45, 7) is 4.25. The van der Waals surface area contributed by atoms with Gasteiger partial charge in [0.05, 0.1) is 19.3 Å². The fourth-order valence-electron chi connectivity index (χ4n) is 3.23. The highest BCUT2D eigenvalue weighted by Gasteiger charge is 2.25. The van der Waals surface area contributed by atoms with Crippen molar-refractivity contribution in [1.82, 2.24) is 19.6 Å². The topological polar surface area (TPSA) is 96.8 Å². The summed E-state index contributed by atoms with van der Waals surface area (Å²) >= 11 is 5.97. The summed E-state index contributed by atoms with van der Waals surface area (Å²) in [5, 5.41) is 7.28. The molecule has 0 spiro atoms. The van der Waals surface area contributed by atoms with E-state index in [0.717, 1.165) is 0 Å². The van der Waals surface area contributed by atoms with Gasteiger partial charge in [0.25, 0.3) is 5.91 Å². The lowest BCUT2D eigenvalue weighted by atomic mass is 10.2. The van der Waals surface area contributed by atoms with Crippen molar-refractivity contribution in [3.8, 4) is 0 Å². The molecule has 2 amide bonds. The minimum atomic E-state index is -0.533. The molecule has 1 aliphatic heterocycles. The van der Waals surface area contributed by atoms with E-state index in [-0.39, 0.29) is 30.5 Å². The second-order valence-corrected chi connectivity index (χ2v) is 7.31. The molecule has 0 bridgehead atoms. The zero-order chi connectivity index (χ0) is 21.7. The molecule has 1 aromatic heterocycles. The number of aromatic nitrogens is 2. The number of rotatable bonds is 6. The molecule has 2 aromatic rings. The standard InChI is InChI=1S/C20H24ClN5O4/c1-3-30-20(29)16-12-22-24(2)18(16)23-17(27)13-25-7-9-26(10-8-25)19(28)14-5-4-6-15(21)11-14/h4-6,11-12H,3,7-10,13H2,1-2H3,(H,23,27). The average Bonchev–Trinajstić information content (AvgIpc) is 3.08. The minimum Gasteiger partial charge on any atom is -0.462 e. The third-order valence-electron chi connectivity index (χ3n) is 4.79. The number of piperazine rings is 1. The number of carbonyl (C=O) groups excluding carboxylic acids is 3. The predicted octanol–water partition coefficient (Wildman–Crippen LogP) is 1.65. The lowest BCUT2D eigenvalue weighted by molar-refractivity contribution is -0.117. The summed E-state index contributed by atoms with van der Waals surface area (Å²) in [6.07, 6.45) is 1.37. The van der Waals surface area contributed by atoms with E-state index in [1.54, 1.807) is 43.1 Å². The molecule has 0 radical (unpaired) electrons. The summed E-state index contributed by atoms with van der Waals surface area (Å²) in [5.74, 6) is -0.573. The number of ether oxygens (including phenoxy) is 1. The zero-order valence-corrected chi connectivity index (χ0v) is 17.7. The van der Waals surface area contributed by atoms with Crippen LogP contribution in [0.25, 0.3) is 0 Å². The number of amides is 2. The summed E-state index contributed by atoms with van der Waals surface area (Å²) in [7, 11) is 1.64. The minimum absolute atomic E-state index is 0.0736.